The predicted molar refractivity (Wildman–Crippen MR) is 114 cm³/mol. The average molecular weight is 397 g/mol. The third-order valence-electron chi connectivity index (χ3n) is 5.88. The molecule has 5 heteroatoms. The van der Waals surface area contributed by atoms with Gasteiger partial charge in [0.05, 0.1) is 0 Å². The van der Waals surface area contributed by atoms with Crippen LogP contribution in [-0.2, 0) is 0 Å². The third kappa shape index (κ3) is 4.28. The van der Waals surface area contributed by atoms with E-state index in [0.717, 1.165) is 26.2 Å². The Morgan fingerprint density at radius 3 is 2.35 bits per heavy atom. The van der Waals surface area contributed by atoms with Gasteiger partial charge >= 0.3 is 0 Å². The maximum absolute atomic E-state index is 10.8. The number of nitrogens with zero attached hydrogens (tertiary/aromatic N) is 1. The van der Waals surface area contributed by atoms with Gasteiger partial charge in [-0.05, 0) is 35.6 Å². The van der Waals surface area contributed by atoms with Crippen molar-refractivity contribution in [3.05, 3.63) is 42.0 Å². The van der Waals surface area contributed by atoms with E-state index in [9.17, 15) is 5.11 Å². The van der Waals surface area contributed by atoms with Gasteiger partial charge in [0, 0.05) is 37.8 Å². The number of nitrogens with one attached hydrogen (secondary N) is 1. The number of hydrogen-bond donors (Lipinski definition) is 2. The maximum atomic E-state index is 10.8. The fourth-order valence-corrected chi connectivity index (χ4v) is 4.72. The number of phenols is 1. The van der Waals surface area contributed by atoms with E-state index in [1.807, 2.05) is 12.1 Å². The molecule has 0 amide bonds. The van der Waals surface area contributed by atoms with Gasteiger partial charge in [-0.25, -0.2) is 0 Å². The summed E-state index contributed by atoms with van der Waals surface area (Å²) < 4.78 is 0. The molecule has 0 bridgehead atoms. The number of rotatable bonds is 3. The van der Waals surface area contributed by atoms with Crippen LogP contribution >= 0.6 is 24.8 Å². The molecular weight excluding hydrogens is 367 g/mol. The van der Waals surface area contributed by atoms with Gasteiger partial charge in [0.1, 0.15) is 5.75 Å². The molecule has 1 aliphatic heterocycles. The van der Waals surface area contributed by atoms with Crippen LogP contribution in [0, 0.1) is 5.92 Å². The molecule has 2 N–H and O–H groups in total. The molecule has 1 aliphatic carbocycles. The van der Waals surface area contributed by atoms with Crippen LogP contribution in [0.2, 0.25) is 0 Å². The van der Waals surface area contributed by atoms with Gasteiger partial charge in [-0.1, -0.05) is 49.6 Å². The summed E-state index contributed by atoms with van der Waals surface area (Å²) in [6, 6.07) is 12.8. The van der Waals surface area contributed by atoms with Gasteiger partial charge in [-0.2, -0.15) is 0 Å². The van der Waals surface area contributed by atoms with Gasteiger partial charge in [-0.15, -0.1) is 24.8 Å². The Labute approximate surface area is 169 Å². The molecule has 2 aliphatic rings. The summed E-state index contributed by atoms with van der Waals surface area (Å²) in [7, 11) is 0. The monoisotopic (exact) mass is 396 g/mol. The normalized spacial score (nSPS) is 20.2. The first kappa shape index (κ1) is 21.3. The number of hydrogen-bond acceptors (Lipinski definition) is 3. The van der Waals surface area contributed by atoms with Crippen molar-refractivity contribution in [3.8, 4) is 5.75 Å². The highest BCUT2D eigenvalue weighted by Crippen LogP contribution is 2.44. The lowest BCUT2D eigenvalue weighted by Crippen LogP contribution is -2.47. The van der Waals surface area contributed by atoms with Crippen molar-refractivity contribution in [1.29, 1.82) is 0 Å². The van der Waals surface area contributed by atoms with Crippen molar-refractivity contribution in [1.82, 2.24) is 10.2 Å². The summed E-state index contributed by atoms with van der Waals surface area (Å²) in [6.45, 7) is 4.25. The van der Waals surface area contributed by atoms with Gasteiger partial charge in [0.25, 0.3) is 0 Å². The van der Waals surface area contributed by atoms with Crippen molar-refractivity contribution >= 4 is 35.6 Å². The van der Waals surface area contributed by atoms with E-state index in [1.54, 1.807) is 0 Å². The minimum atomic E-state index is 0. The van der Waals surface area contributed by atoms with Crippen LogP contribution in [0.4, 0.5) is 0 Å². The minimum Gasteiger partial charge on any atom is -0.508 e. The van der Waals surface area contributed by atoms with E-state index in [1.165, 1.54) is 48.4 Å². The fourth-order valence-electron chi connectivity index (χ4n) is 4.72. The number of halogens is 2. The molecule has 2 fully saturated rings. The van der Waals surface area contributed by atoms with E-state index in [-0.39, 0.29) is 24.8 Å². The summed E-state index contributed by atoms with van der Waals surface area (Å²) in [5.41, 5.74) is 1.17. The van der Waals surface area contributed by atoms with Crippen LogP contribution in [0.25, 0.3) is 10.8 Å². The van der Waals surface area contributed by atoms with Crippen LogP contribution < -0.4 is 5.32 Å². The van der Waals surface area contributed by atoms with Crippen LogP contribution in [0.1, 0.15) is 43.7 Å². The standard InChI is InChI=1S/C21H28N2O.2ClH/c24-19-11-10-16-6-4-5-9-18(16)20(19)21(17-7-2-1-3-8-17)23-14-12-22-13-15-23;;/h4-6,9-11,17,21-22,24H,1-3,7-8,12-15H2;2*1H/t21-;;/m0../s1. The number of aromatic hydroxyl groups is 1. The molecule has 1 saturated heterocycles. The van der Waals surface area contributed by atoms with Crippen molar-refractivity contribution in [2.75, 3.05) is 26.2 Å². The van der Waals surface area contributed by atoms with Gasteiger partial charge in [0.15, 0.2) is 0 Å². The van der Waals surface area contributed by atoms with Crippen LogP contribution in [0.3, 0.4) is 0 Å². The molecule has 3 nitrogen and oxygen atoms in total. The molecule has 1 saturated carbocycles. The highest BCUT2D eigenvalue weighted by molar-refractivity contribution is 5.88. The Bertz CT molecular complexity index is 679. The number of piperazine rings is 1. The lowest BCUT2D eigenvalue weighted by atomic mass is 9.78. The van der Waals surface area contributed by atoms with Crippen molar-refractivity contribution in [3.63, 3.8) is 0 Å². The SMILES string of the molecule is Cl.Cl.Oc1ccc2ccccc2c1[C@H](C1CCCCC1)N1CCNCC1. The summed E-state index contributed by atoms with van der Waals surface area (Å²) in [6.07, 6.45) is 6.61. The Morgan fingerprint density at radius 2 is 1.62 bits per heavy atom. The van der Waals surface area contributed by atoms with Gasteiger partial charge < -0.3 is 10.4 Å². The second-order valence-corrected chi connectivity index (χ2v) is 7.35. The van der Waals surface area contributed by atoms with Gasteiger partial charge in [0.2, 0.25) is 0 Å². The van der Waals surface area contributed by atoms with Crippen molar-refractivity contribution in [2.24, 2.45) is 5.92 Å². The number of fused-ring (bicyclic) bond motifs is 1. The molecule has 4 rings (SSSR count). The molecule has 0 radical (unpaired) electrons. The first-order valence-electron chi connectivity index (χ1n) is 9.50. The van der Waals surface area contributed by atoms with Crippen molar-refractivity contribution < 1.29 is 5.11 Å². The lowest BCUT2D eigenvalue weighted by Gasteiger charge is -2.41. The quantitative estimate of drug-likeness (QED) is 0.772. The number of phenolic OH excluding ortho intramolecular Hbond substituents is 1. The second kappa shape index (κ2) is 9.80. The molecule has 0 unspecified atom stereocenters. The van der Waals surface area contributed by atoms with E-state index >= 15 is 0 Å². The van der Waals surface area contributed by atoms with E-state index in [0.29, 0.717) is 17.7 Å². The minimum absolute atomic E-state index is 0. The fraction of sp³-hybridized carbons (Fsp3) is 0.524. The van der Waals surface area contributed by atoms with Crippen molar-refractivity contribution in [2.45, 2.75) is 38.1 Å². The smallest absolute Gasteiger partial charge is 0.121 e. The maximum Gasteiger partial charge on any atom is 0.121 e. The molecule has 0 spiro atoms. The van der Waals surface area contributed by atoms with E-state index < -0.39 is 0 Å². The first-order valence-corrected chi connectivity index (χ1v) is 9.50. The molecule has 0 aromatic heterocycles. The number of benzene rings is 2. The summed E-state index contributed by atoms with van der Waals surface area (Å²) in [4.78, 5) is 2.62. The van der Waals surface area contributed by atoms with Gasteiger partial charge in [-0.3, -0.25) is 4.90 Å². The molecule has 1 atom stereocenters. The zero-order valence-corrected chi connectivity index (χ0v) is 16.8. The predicted octanol–water partition coefficient (Wildman–Crippen LogP) is 4.92. The van der Waals surface area contributed by atoms with Crippen LogP contribution in [0.5, 0.6) is 5.75 Å². The molecule has 2 aromatic carbocycles. The largest absolute Gasteiger partial charge is 0.508 e. The summed E-state index contributed by atoms with van der Waals surface area (Å²) in [5, 5.41) is 16.7. The molecule has 2 aromatic rings. The average Bonchev–Trinajstić information content (AvgIpc) is 2.66. The second-order valence-electron chi connectivity index (χ2n) is 7.35. The highest BCUT2D eigenvalue weighted by Gasteiger charge is 2.33. The molecule has 144 valence electrons. The first-order chi connectivity index (χ1) is 11.8. The Hall–Kier alpha value is -1.00. The highest BCUT2D eigenvalue weighted by atomic mass is 35.5. The lowest BCUT2D eigenvalue weighted by molar-refractivity contribution is 0.102. The van der Waals surface area contributed by atoms with E-state index in [4.69, 9.17) is 0 Å². The Morgan fingerprint density at radius 1 is 0.923 bits per heavy atom. The third-order valence-corrected chi connectivity index (χ3v) is 5.88. The molecule has 26 heavy (non-hydrogen) atoms. The molecular formula is C21H30Cl2N2O. The van der Waals surface area contributed by atoms with E-state index in [2.05, 4.69) is 34.5 Å². The zero-order valence-electron chi connectivity index (χ0n) is 15.2. The topological polar surface area (TPSA) is 35.5 Å². The van der Waals surface area contributed by atoms with Crippen LogP contribution in [0.15, 0.2) is 36.4 Å². The van der Waals surface area contributed by atoms with Crippen LogP contribution in [-0.4, -0.2) is 36.2 Å². The zero-order chi connectivity index (χ0) is 16.4. The summed E-state index contributed by atoms with van der Waals surface area (Å²) >= 11 is 0. The Balaban J connectivity index is 0.00000121. The Kier molecular flexibility index (Phi) is 8.03. The molecule has 1 heterocycles. The summed E-state index contributed by atoms with van der Waals surface area (Å²) in [5.74, 6) is 1.14.